The Hall–Kier alpha value is -2.49. The highest BCUT2D eigenvalue weighted by Crippen LogP contribution is 2.37. The van der Waals surface area contributed by atoms with E-state index in [-0.39, 0.29) is 22.4 Å². The monoisotopic (exact) mass is 565 g/mol. The van der Waals surface area contributed by atoms with Crippen molar-refractivity contribution in [1.82, 2.24) is 9.97 Å². The predicted octanol–water partition coefficient (Wildman–Crippen LogP) is 5.16. The van der Waals surface area contributed by atoms with Gasteiger partial charge in [0, 0.05) is 42.7 Å². The van der Waals surface area contributed by atoms with E-state index in [1.54, 1.807) is 6.20 Å². The lowest BCUT2D eigenvalue weighted by Crippen LogP contribution is -2.49. The van der Waals surface area contributed by atoms with E-state index in [4.69, 9.17) is 23.5 Å². The largest absolute Gasteiger partial charge is 0.494 e. The van der Waals surface area contributed by atoms with Crippen LogP contribution in [0.1, 0.15) is 52.2 Å². The summed E-state index contributed by atoms with van der Waals surface area (Å²) in [6, 6.07) is 8.39. The van der Waals surface area contributed by atoms with Crippen molar-refractivity contribution in [3.63, 3.8) is 0 Å². The fourth-order valence-electron chi connectivity index (χ4n) is 4.37. The molecular weight excluding hydrogens is 521 g/mol. The van der Waals surface area contributed by atoms with E-state index >= 15 is 0 Å². The van der Waals surface area contributed by atoms with Crippen molar-refractivity contribution in [1.29, 1.82) is 5.26 Å². The van der Waals surface area contributed by atoms with Crippen molar-refractivity contribution >= 4 is 38.4 Å². The van der Waals surface area contributed by atoms with Gasteiger partial charge in [-0.15, -0.1) is 0 Å². The smallest absolute Gasteiger partial charge is 0.413 e. The lowest BCUT2D eigenvalue weighted by atomic mass is 9.73. The van der Waals surface area contributed by atoms with Crippen LogP contribution in [0.25, 0.3) is 0 Å². The van der Waals surface area contributed by atoms with Crippen LogP contribution in [0.15, 0.2) is 24.4 Å². The zero-order valence-corrected chi connectivity index (χ0v) is 26.3. The number of ether oxygens (including phenoxy) is 1. The molecule has 0 spiro atoms. The molecule has 2 aromatic rings. The average Bonchev–Trinajstić information content (AvgIpc) is 2.89. The van der Waals surface area contributed by atoms with Gasteiger partial charge in [-0.2, -0.15) is 10.2 Å². The molecule has 2 atom stereocenters. The zero-order chi connectivity index (χ0) is 29.1. The summed E-state index contributed by atoms with van der Waals surface area (Å²) in [6.45, 7) is 20.3. The first-order chi connectivity index (χ1) is 18.8. The Labute approximate surface area is 240 Å². The van der Waals surface area contributed by atoms with Gasteiger partial charge < -0.3 is 29.1 Å². The molecule has 0 amide bonds. The molecule has 3 heterocycles. The van der Waals surface area contributed by atoms with Crippen molar-refractivity contribution < 1.29 is 18.5 Å². The van der Waals surface area contributed by atoms with Crippen LogP contribution in [-0.2, 0) is 25.1 Å². The molecule has 2 aliphatic heterocycles. The second-order valence-corrected chi connectivity index (χ2v) is 18.1. The Morgan fingerprint density at radius 2 is 1.95 bits per heavy atom. The predicted molar refractivity (Wildman–Crippen MR) is 162 cm³/mol. The minimum absolute atomic E-state index is 0.0126. The molecule has 0 saturated carbocycles. The van der Waals surface area contributed by atoms with Crippen LogP contribution >= 0.6 is 0 Å². The molecule has 0 radical (unpaired) electrons. The number of benzene rings is 1. The third-order valence-corrected chi connectivity index (χ3v) is 12.6. The molecule has 1 aromatic heterocycles. The van der Waals surface area contributed by atoms with E-state index in [0.29, 0.717) is 51.2 Å². The molecule has 0 unspecified atom stereocenters. The Bertz CT molecular complexity index is 1220. The van der Waals surface area contributed by atoms with Crippen molar-refractivity contribution in [3.8, 4) is 6.07 Å². The third-order valence-electron chi connectivity index (χ3n) is 8.11. The zero-order valence-electron chi connectivity index (χ0n) is 25.3. The molecule has 4 rings (SSSR count). The van der Waals surface area contributed by atoms with Crippen LogP contribution in [0, 0.1) is 29.6 Å². The van der Waals surface area contributed by atoms with E-state index in [0.717, 1.165) is 22.3 Å². The molecule has 2 fully saturated rings. The molecule has 9 nitrogen and oxygen atoms in total. The Balaban J connectivity index is 1.57. The van der Waals surface area contributed by atoms with E-state index in [1.807, 2.05) is 19.1 Å². The Morgan fingerprint density at radius 3 is 2.62 bits per heavy atom. The highest BCUT2D eigenvalue weighted by atomic mass is 28.4. The van der Waals surface area contributed by atoms with Gasteiger partial charge in [0.25, 0.3) is 0 Å². The summed E-state index contributed by atoms with van der Waals surface area (Å²) in [6.07, 6.45) is 2.49. The number of hydrogen-bond acceptors (Lipinski definition) is 9. The van der Waals surface area contributed by atoms with Crippen LogP contribution in [0.5, 0.6) is 0 Å². The van der Waals surface area contributed by atoms with Gasteiger partial charge in [0.1, 0.15) is 5.82 Å². The van der Waals surface area contributed by atoms with E-state index in [9.17, 15) is 5.26 Å². The Morgan fingerprint density at radius 1 is 1.23 bits per heavy atom. The van der Waals surface area contributed by atoms with Gasteiger partial charge in [0.2, 0.25) is 5.95 Å². The first kappa shape index (κ1) is 30.5. The summed E-state index contributed by atoms with van der Waals surface area (Å²) in [5.74, 6) is 1.04. The second kappa shape index (κ2) is 12.2. The van der Waals surface area contributed by atoms with Crippen molar-refractivity contribution in [2.24, 2.45) is 11.3 Å². The summed E-state index contributed by atoms with van der Waals surface area (Å²) >= 11 is 0. The normalized spacial score (nSPS) is 21.5. The fraction of sp³-hybridized carbons (Fsp3) is 0.621. The number of hydrogen-bond donors (Lipinski definition) is 2. The van der Waals surface area contributed by atoms with Gasteiger partial charge in [-0.3, -0.25) is 0 Å². The number of nitriles is 1. The molecule has 2 aliphatic rings. The second-order valence-electron chi connectivity index (χ2n) is 13.3. The number of nitrogens with one attached hydrogen (secondary N) is 2. The molecule has 11 heteroatoms. The molecule has 216 valence electrons. The Kier molecular flexibility index (Phi) is 9.27. The maximum atomic E-state index is 9.55. The van der Waals surface area contributed by atoms with Crippen molar-refractivity contribution in [3.05, 3.63) is 35.5 Å². The molecule has 0 aliphatic carbocycles. The maximum Gasteiger partial charge on any atom is 0.494 e. The molecule has 1 aromatic carbocycles. The molecule has 0 bridgehead atoms. The van der Waals surface area contributed by atoms with Gasteiger partial charge in [-0.1, -0.05) is 40.7 Å². The fourth-order valence-corrected chi connectivity index (χ4v) is 5.32. The summed E-state index contributed by atoms with van der Waals surface area (Å²) in [4.78, 5) is 9.24. The quantitative estimate of drug-likeness (QED) is 0.420. The first-order valence-electron chi connectivity index (χ1n) is 14.1. The van der Waals surface area contributed by atoms with Gasteiger partial charge in [0.05, 0.1) is 31.2 Å². The van der Waals surface area contributed by atoms with E-state index in [1.165, 1.54) is 0 Å². The summed E-state index contributed by atoms with van der Waals surface area (Å²) in [5.41, 5.74) is 3.73. The van der Waals surface area contributed by atoms with Gasteiger partial charge in [-0.05, 0) is 54.6 Å². The first-order valence-corrected chi connectivity index (χ1v) is 17.0. The highest BCUT2D eigenvalue weighted by Gasteiger charge is 2.39. The number of anilines is 3. The van der Waals surface area contributed by atoms with Gasteiger partial charge in [-0.25, -0.2) is 4.98 Å². The van der Waals surface area contributed by atoms with Crippen LogP contribution in [0.3, 0.4) is 0 Å². The average molecular weight is 566 g/mol. The van der Waals surface area contributed by atoms with Crippen LogP contribution in [0.2, 0.25) is 18.1 Å². The van der Waals surface area contributed by atoms with Crippen LogP contribution < -0.4 is 16.1 Å². The summed E-state index contributed by atoms with van der Waals surface area (Å²) in [7, 11) is -2.42. The van der Waals surface area contributed by atoms with Crippen LogP contribution in [0.4, 0.5) is 17.5 Å². The van der Waals surface area contributed by atoms with E-state index in [2.05, 4.69) is 75.5 Å². The lowest BCUT2D eigenvalue weighted by Gasteiger charge is -2.37. The molecule has 2 saturated heterocycles. The summed E-state index contributed by atoms with van der Waals surface area (Å²) in [5, 5.41) is 16.4. The highest BCUT2D eigenvalue weighted by molar-refractivity contribution is 6.74. The molecule has 2 N–H and O–H groups in total. The van der Waals surface area contributed by atoms with Crippen molar-refractivity contribution in [2.45, 2.75) is 78.7 Å². The number of aryl methyl sites for hydroxylation is 1. The van der Waals surface area contributed by atoms with E-state index < -0.39 is 15.4 Å². The molecule has 40 heavy (non-hydrogen) atoms. The van der Waals surface area contributed by atoms with Gasteiger partial charge in [0.15, 0.2) is 8.32 Å². The maximum absolute atomic E-state index is 9.55. The standard InChI is InChI=1S/C29H44BN5O4Si/c1-20-15-32-27(35-26(20)34-25-17-36-12-11-21(25)14-31)33-23-9-10-24(30-37-18-29(5,6)19-38-30)22(13-23)16-39-40(7,8)28(2,3)4/h9-10,13,15,21,25H,11-12,16-19H2,1-8H3,(H2,32,33,34,35)/t21-,25+/m0/s1. The summed E-state index contributed by atoms with van der Waals surface area (Å²) < 4.78 is 24.5. The van der Waals surface area contributed by atoms with Gasteiger partial charge >= 0.3 is 7.12 Å². The minimum Gasteiger partial charge on any atom is -0.413 e. The third kappa shape index (κ3) is 7.42. The lowest BCUT2D eigenvalue weighted by molar-refractivity contribution is 0.0341. The van der Waals surface area contributed by atoms with Crippen molar-refractivity contribution in [2.75, 3.05) is 37.1 Å². The SMILES string of the molecule is Cc1cnc(Nc2ccc(B3OCC(C)(C)CO3)c(CO[Si](C)(C)C(C)(C)C)c2)nc1N[C@@H]1COCC[C@H]1C#N. The molecular formula is C29H44BN5O4Si. The van der Waals surface area contributed by atoms with Crippen LogP contribution in [-0.4, -0.2) is 57.9 Å². The number of rotatable bonds is 8. The number of aromatic nitrogens is 2. The minimum atomic E-state index is -1.99. The number of nitrogens with zero attached hydrogens (tertiary/aromatic N) is 3. The topological polar surface area (TPSA) is 111 Å².